The van der Waals surface area contributed by atoms with Gasteiger partial charge in [0.1, 0.15) is 0 Å². The smallest absolute Gasteiger partial charge is 0.0184 e. The average molecular weight is 260 g/mol. The van der Waals surface area contributed by atoms with E-state index in [4.69, 9.17) is 0 Å². The van der Waals surface area contributed by atoms with Gasteiger partial charge in [-0.05, 0) is 53.7 Å². The second kappa shape index (κ2) is 4.92. The van der Waals surface area contributed by atoms with Crippen LogP contribution in [0.1, 0.15) is 38.7 Å². The predicted octanol–water partition coefficient (Wildman–Crippen LogP) is 4.99. The molecule has 0 saturated heterocycles. The van der Waals surface area contributed by atoms with E-state index in [1.54, 1.807) is 0 Å². The number of hydrogen-bond acceptors (Lipinski definition) is 1. The summed E-state index contributed by atoms with van der Waals surface area (Å²) in [5.41, 5.74) is 2.08. The maximum atomic E-state index is 2.52. The zero-order chi connectivity index (χ0) is 12.6. The molecule has 0 aliphatic heterocycles. The number of benzene rings is 1. The highest BCUT2D eigenvalue weighted by Gasteiger charge is 2.51. The van der Waals surface area contributed by atoms with Crippen LogP contribution >= 0.6 is 11.8 Å². The lowest BCUT2D eigenvalue weighted by Crippen LogP contribution is -2.32. The monoisotopic (exact) mass is 260 g/mol. The number of fused-ring (bicyclic) bond motifs is 2. The first-order valence-electron chi connectivity index (χ1n) is 7.29. The maximum Gasteiger partial charge on any atom is 0.0184 e. The minimum atomic E-state index is 0.604. The van der Waals surface area contributed by atoms with Crippen LogP contribution in [0.5, 0.6) is 0 Å². The SMILES string of the molecule is CC1(C)C(CSCc2ccccc2)[C@H]2CC[C@@H]1C2. The molecule has 1 aromatic rings. The lowest BCUT2D eigenvalue weighted by Gasteiger charge is -2.38. The molecule has 3 rings (SSSR count). The molecule has 2 saturated carbocycles. The Bertz CT molecular complexity index is 395. The summed E-state index contributed by atoms with van der Waals surface area (Å²) in [4.78, 5) is 0. The van der Waals surface area contributed by atoms with Crippen LogP contribution in [0.15, 0.2) is 30.3 Å². The fourth-order valence-corrected chi connectivity index (χ4v) is 5.70. The molecular weight excluding hydrogens is 236 g/mol. The molecule has 0 N–H and O–H groups in total. The van der Waals surface area contributed by atoms with Crippen molar-refractivity contribution < 1.29 is 0 Å². The number of rotatable bonds is 4. The Morgan fingerprint density at radius 3 is 2.61 bits per heavy atom. The van der Waals surface area contributed by atoms with Crippen molar-refractivity contribution in [2.24, 2.45) is 23.2 Å². The Hall–Kier alpha value is -0.430. The summed E-state index contributed by atoms with van der Waals surface area (Å²) in [6.07, 6.45) is 4.52. The molecule has 0 spiro atoms. The third-order valence-corrected chi connectivity index (χ3v) is 6.59. The maximum absolute atomic E-state index is 2.52. The van der Waals surface area contributed by atoms with Crippen molar-refractivity contribution in [2.45, 2.75) is 38.9 Å². The minimum Gasteiger partial charge on any atom is -0.157 e. The number of thioether (sulfide) groups is 1. The van der Waals surface area contributed by atoms with Crippen LogP contribution in [-0.2, 0) is 5.75 Å². The quantitative estimate of drug-likeness (QED) is 0.734. The summed E-state index contributed by atoms with van der Waals surface area (Å²) in [6, 6.07) is 10.9. The van der Waals surface area contributed by atoms with Gasteiger partial charge in [0.25, 0.3) is 0 Å². The van der Waals surface area contributed by atoms with Gasteiger partial charge in [-0.25, -0.2) is 0 Å². The first-order valence-corrected chi connectivity index (χ1v) is 8.45. The molecule has 3 atom stereocenters. The highest BCUT2D eigenvalue weighted by molar-refractivity contribution is 7.98. The molecule has 2 fully saturated rings. The summed E-state index contributed by atoms with van der Waals surface area (Å²) in [5.74, 6) is 5.57. The van der Waals surface area contributed by atoms with Gasteiger partial charge >= 0.3 is 0 Å². The van der Waals surface area contributed by atoms with Crippen LogP contribution in [0.2, 0.25) is 0 Å². The van der Waals surface area contributed by atoms with Gasteiger partial charge < -0.3 is 0 Å². The molecule has 2 aliphatic rings. The van der Waals surface area contributed by atoms with E-state index in [2.05, 4.69) is 55.9 Å². The standard InChI is InChI=1S/C17H24S/c1-17(2)15-9-8-14(10-15)16(17)12-18-11-13-6-4-3-5-7-13/h3-7,14-16H,8-12H2,1-2H3/t14-,15+,16?/m0/s1. The predicted molar refractivity (Wildman–Crippen MR) is 80.7 cm³/mol. The van der Waals surface area contributed by atoms with Crippen LogP contribution in [0.25, 0.3) is 0 Å². The summed E-state index contributed by atoms with van der Waals surface area (Å²) in [6.45, 7) is 5.04. The molecule has 1 unspecified atom stereocenters. The fraction of sp³-hybridized carbons (Fsp3) is 0.647. The van der Waals surface area contributed by atoms with Crippen molar-refractivity contribution >= 4 is 11.8 Å². The van der Waals surface area contributed by atoms with E-state index in [9.17, 15) is 0 Å². The zero-order valence-electron chi connectivity index (χ0n) is 11.6. The van der Waals surface area contributed by atoms with E-state index in [1.165, 1.54) is 36.3 Å². The lowest BCUT2D eigenvalue weighted by molar-refractivity contribution is 0.141. The molecule has 98 valence electrons. The van der Waals surface area contributed by atoms with E-state index in [1.807, 2.05) is 0 Å². The van der Waals surface area contributed by atoms with E-state index in [-0.39, 0.29) is 0 Å². The molecule has 0 aromatic heterocycles. The van der Waals surface area contributed by atoms with Gasteiger partial charge in [-0.2, -0.15) is 11.8 Å². The highest BCUT2D eigenvalue weighted by atomic mass is 32.2. The topological polar surface area (TPSA) is 0 Å². The van der Waals surface area contributed by atoms with Gasteiger partial charge in [0.2, 0.25) is 0 Å². The normalized spacial score (nSPS) is 32.9. The first-order chi connectivity index (χ1) is 8.68. The molecule has 1 heteroatoms. The van der Waals surface area contributed by atoms with Gasteiger partial charge in [-0.3, -0.25) is 0 Å². The Labute approximate surface area is 116 Å². The third kappa shape index (κ3) is 2.22. The third-order valence-electron chi connectivity index (χ3n) is 5.46. The Kier molecular flexibility index (Phi) is 3.44. The Balaban J connectivity index is 1.55. The summed E-state index contributed by atoms with van der Waals surface area (Å²) in [7, 11) is 0. The van der Waals surface area contributed by atoms with Gasteiger partial charge in [0.15, 0.2) is 0 Å². The van der Waals surface area contributed by atoms with Crippen molar-refractivity contribution in [2.75, 3.05) is 5.75 Å². The van der Waals surface area contributed by atoms with Gasteiger partial charge in [0, 0.05) is 5.75 Å². The summed E-state index contributed by atoms with van der Waals surface area (Å²) in [5, 5.41) is 0. The minimum absolute atomic E-state index is 0.604. The zero-order valence-corrected chi connectivity index (χ0v) is 12.4. The molecule has 1 aromatic carbocycles. The van der Waals surface area contributed by atoms with Crippen LogP contribution in [-0.4, -0.2) is 5.75 Å². The highest BCUT2D eigenvalue weighted by Crippen LogP contribution is 2.59. The fourth-order valence-electron chi connectivity index (χ4n) is 4.20. The second-order valence-electron chi connectivity index (χ2n) is 6.70. The first kappa shape index (κ1) is 12.6. The van der Waals surface area contributed by atoms with Crippen LogP contribution < -0.4 is 0 Å². The van der Waals surface area contributed by atoms with Crippen LogP contribution in [0.3, 0.4) is 0 Å². The van der Waals surface area contributed by atoms with E-state index in [0.29, 0.717) is 5.41 Å². The van der Waals surface area contributed by atoms with Crippen molar-refractivity contribution in [3.05, 3.63) is 35.9 Å². The molecule has 0 heterocycles. The molecule has 2 aliphatic carbocycles. The number of hydrogen-bond donors (Lipinski definition) is 0. The van der Waals surface area contributed by atoms with Gasteiger partial charge in [-0.1, -0.05) is 44.2 Å². The van der Waals surface area contributed by atoms with Gasteiger partial charge in [0.05, 0.1) is 0 Å². The van der Waals surface area contributed by atoms with E-state index >= 15 is 0 Å². The molecule has 0 radical (unpaired) electrons. The van der Waals surface area contributed by atoms with Crippen molar-refractivity contribution in [1.29, 1.82) is 0 Å². The average Bonchev–Trinajstić information content (AvgIpc) is 2.92. The van der Waals surface area contributed by atoms with E-state index < -0.39 is 0 Å². The lowest BCUT2D eigenvalue weighted by atomic mass is 9.69. The van der Waals surface area contributed by atoms with Crippen LogP contribution in [0.4, 0.5) is 0 Å². The molecule has 18 heavy (non-hydrogen) atoms. The van der Waals surface area contributed by atoms with E-state index in [0.717, 1.165) is 17.8 Å². The summed E-state index contributed by atoms with van der Waals surface area (Å²) >= 11 is 2.15. The summed E-state index contributed by atoms with van der Waals surface area (Å²) < 4.78 is 0. The Morgan fingerprint density at radius 2 is 1.94 bits per heavy atom. The largest absolute Gasteiger partial charge is 0.157 e. The molecule has 0 amide bonds. The van der Waals surface area contributed by atoms with Crippen molar-refractivity contribution in [3.8, 4) is 0 Å². The van der Waals surface area contributed by atoms with Crippen LogP contribution in [0, 0.1) is 23.2 Å². The van der Waals surface area contributed by atoms with Crippen molar-refractivity contribution in [1.82, 2.24) is 0 Å². The molecule has 2 bridgehead atoms. The van der Waals surface area contributed by atoms with Gasteiger partial charge in [-0.15, -0.1) is 0 Å². The second-order valence-corrected chi connectivity index (χ2v) is 7.73. The molecule has 0 nitrogen and oxygen atoms in total. The molecular formula is C17H24S. The Morgan fingerprint density at radius 1 is 1.17 bits per heavy atom. The van der Waals surface area contributed by atoms with Crippen molar-refractivity contribution in [3.63, 3.8) is 0 Å².